The first kappa shape index (κ1) is 11.2. The van der Waals surface area contributed by atoms with Crippen LogP contribution in [0.5, 0.6) is 0 Å². The normalized spacial score (nSPS) is 11.2. The predicted octanol–water partition coefficient (Wildman–Crippen LogP) is 0.0244. The summed E-state index contributed by atoms with van der Waals surface area (Å²) in [5.74, 6) is 0. The van der Waals surface area contributed by atoms with Crippen LogP contribution in [-0.4, -0.2) is 28.6 Å². The summed E-state index contributed by atoms with van der Waals surface area (Å²) in [5, 5.41) is 0. The number of aromatic amines is 1. The first-order valence-corrected chi connectivity index (χ1v) is 4.35. The minimum Gasteiger partial charge on any atom is -0.348 e. The van der Waals surface area contributed by atoms with Crippen molar-refractivity contribution in [2.45, 2.75) is 12.5 Å². The van der Waals surface area contributed by atoms with Gasteiger partial charge in [-0.3, -0.25) is 0 Å². The second-order valence-corrected chi connectivity index (χ2v) is 2.08. The van der Waals surface area contributed by atoms with E-state index in [9.17, 15) is 4.79 Å². The van der Waals surface area contributed by atoms with E-state index in [-0.39, 0.29) is 0 Å². The Balaban J connectivity index is 0.000000561. The van der Waals surface area contributed by atoms with Crippen LogP contribution in [0.25, 0.3) is 0 Å². The summed E-state index contributed by atoms with van der Waals surface area (Å²) in [4.78, 5) is 16.7. The molecule has 5 heteroatoms. The Labute approximate surface area is 77.0 Å². The van der Waals surface area contributed by atoms with E-state index in [4.69, 9.17) is 5.73 Å². The molecule has 1 heterocycles. The molecule has 0 amide bonds. The molecule has 0 fully saturated rings. The molecule has 1 aromatic rings. The summed E-state index contributed by atoms with van der Waals surface area (Å²) in [6, 6.07) is -0.416. The summed E-state index contributed by atoms with van der Waals surface area (Å²) in [6.07, 6.45) is 6.17. The minimum absolute atomic E-state index is 0.416. The maximum absolute atomic E-state index is 10.1. The first-order valence-electron chi connectivity index (χ1n) is 3.46. The Hall–Kier alpha value is -0.810. The first-order chi connectivity index (χ1) is 5.83. The molecule has 4 nitrogen and oxygen atoms in total. The smallest absolute Gasteiger partial charge is 0.137 e. The van der Waals surface area contributed by atoms with Gasteiger partial charge in [-0.05, 0) is 6.26 Å². The summed E-state index contributed by atoms with van der Waals surface area (Å²) < 4.78 is 0. The fourth-order valence-corrected chi connectivity index (χ4v) is 0.698. The van der Waals surface area contributed by atoms with Crippen LogP contribution < -0.4 is 5.73 Å². The van der Waals surface area contributed by atoms with Crippen LogP contribution in [0.15, 0.2) is 12.5 Å². The lowest BCUT2D eigenvalue weighted by Crippen LogP contribution is -2.24. The van der Waals surface area contributed by atoms with E-state index in [0.29, 0.717) is 6.42 Å². The van der Waals surface area contributed by atoms with E-state index < -0.39 is 6.04 Å². The molecule has 0 saturated carbocycles. The summed E-state index contributed by atoms with van der Waals surface area (Å²) in [5.41, 5.74) is 6.24. The van der Waals surface area contributed by atoms with Crippen molar-refractivity contribution in [3.63, 3.8) is 0 Å². The molecule has 0 saturated heterocycles. The Bertz CT molecular complexity index is 200. The van der Waals surface area contributed by atoms with Gasteiger partial charge in [0.25, 0.3) is 0 Å². The van der Waals surface area contributed by atoms with Crippen molar-refractivity contribution in [2.24, 2.45) is 5.73 Å². The molecule has 0 aliphatic rings. The number of hydrogen-bond acceptors (Lipinski definition) is 4. The molecule has 3 N–H and O–H groups in total. The maximum Gasteiger partial charge on any atom is 0.137 e. The van der Waals surface area contributed by atoms with Gasteiger partial charge < -0.3 is 15.5 Å². The molecule has 0 radical (unpaired) electrons. The summed E-state index contributed by atoms with van der Waals surface area (Å²) >= 11 is 3.53. The molecule has 1 aromatic heterocycles. The molecule has 0 aromatic carbocycles. The molecule has 0 aliphatic carbocycles. The van der Waals surface area contributed by atoms with Crippen molar-refractivity contribution in [3.05, 3.63) is 18.2 Å². The van der Waals surface area contributed by atoms with Crippen LogP contribution >= 0.6 is 12.6 Å². The quantitative estimate of drug-likeness (QED) is 0.461. The molecule has 1 rings (SSSR count). The number of aromatic nitrogens is 2. The van der Waals surface area contributed by atoms with E-state index in [1.165, 1.54) is 0 Å². The number of H-pyrrole nitrogens is 1. The molecule has 0 spiro atoms. The maximum atomic E-state index is 10.1. The second kappa shape index (κ2) is 6.87. The number of thiol groups is 1. The van der Waals surface area contributed by atoms with Crippen LogP contribution in [0.1, 0.15) is 5.69 Å². The van der Waals surface area contributed by atoms with Crippen molar-refractivity contribution >= 4 is 18.9 Å². The van der Waals surface area contributed by atoms with Gasteiger partial charge >= 0.3 is 0 Å². The Morgan fingerprint density at radius 1 is 1.83 bits per heavy atom. The molecule has 1 unspecified atom stereocenters. The van der Waals surface area contributed by atoms with Crippen molar-refractivity contribution in [1.29, 1.82) is 0 Å². The van der Waals surface area contributed by atoms with Crippen LogP contribution in [0, 0.1) is 0 Å². The zero-order chi connectivity index (χ0) is 9.40. The Morgan fingerprint density at radius 2 is 2.50 bits per heavy atom. The van der Waals surface area contributed by atoms with Gasteiger partial charge in [-0.1, -0.05) is 0 Å². The van der Waals surface area contributed by atoms with E-state index in [1.54, 1.807) is 18.8 Å². The minimum atomic E-state index is -0.416. The van der Waals surface area contributed by atoms with Gasteiger partial charge in [0, 0.05) is 18.3 Å². The van der Waals surface area contributed by atoms with Crippen molar-refractivity contribution in [2.75, 3.05) is 6.26 Å². The average Bonchev–Trinajstić information content (AvgIpc) is 2.60. The van der Waals surface area contributed by atoms with Crippen LogP contribution in [0.3, 0.4) is 0 Å². The van der Waals surface area contributed by atoms with Crippen LogP contribution in [-0.2, 0) is 11.2 Å². The lowest BCUT2D eigenvalue weighted by molar-refractivity contribution is -0.108. The van der Waals surface area contributed by atoms with Crippen LogP contribution in [0.4, 0.5) is 0 Å². The van der Waals surface area contributed by atoms with Gasteiger partial charge in [-0.15, -0.1) is 0 Å². The number of aldehydes is 1. The number of nitrogens with one attached hydrogen (secondary N) is 1. The van der Waals surface area contributed by atoms with E-state index in [2.05, 4.69) is 22.6 Å². The third kappa shape index (κ3) is 4.15. The number of nitrogens with two attached hydrogens (primary N) is 1. The summed E-state index contributed by atoms with van der Waals surface area (Å²) in [7, 11) is 0. The summed E-state index contributed by atoms with van der Waals surface area (Å²) in [6.45, 7) is 0. The lowest BCUT2D eigenvalue weighted by Gasteiger charge is -1.98. The van der Waals surface area contributed by atoms with Crippen LogP contribution in [0.2, 0.25) is 0 Å². The fraction of sp³-hybridized carbons (Fsp3) is 0.429. The predicted molar refractivity (Wildman–Crippen MR) is 51.2 cm³/mol. The Morgan fingerprint density at radius 3 is 2.92 bits per heavy atom. The zero-order valence-electron chi connectivity index (χ0n) is 6.90. The molecular weight excluding hydrogens is 174 g/mol. The number of rotatable bonds is 3. The fourth-order valence-electron chi connectivity index (χ4n) is 0.698. The molecule has 1 atom stereocenters. The van der Waals surface area contributed by atoms with E-state index in [1.807, 2.05) is 0 Å². The monoisotopic (exact) mass is 187 g/mol. The SMILES string of the molecule is CS.NC(C=O)Cc1cnc[nH]1. The van der Waals surface area contributed by atoms with Gasteiger partial charge in [0.05, 0.1) is 12.4 Å². The largest absolute Gasteiger partial charge is 0.348 e. The highest BCUT2D eigenvalue weighted by molar-refractivity contribution is 7.79. The molecule has 12 heavy (non-hydrogen) atoms. The lowest BCUT2D eigenvalue weighted by atomic mass is 10.2. The average molecular weight is 187 g/mol. The third-order valence-corrected chi connectivity index (χ3v) is 1.19. The molecular formula is C7H13N3OS. The highest BCUT2D eigenvalue weighted by atomic mass is 32.1. The molecule has 0 aliphatic heterocycles. The highest BCUT2D eigenvalue weighted by Gasteiger charge is 2.01. The van der Waals surface area contributed by atoms with E-state index >= 15 is 0 Å². The number of carbonyl (C=O) groups is 1. The topological polar surface area (TPSA) is 71.8 Å². The number of nitrogens with zero attached hydrogens (tertiary/aromatic N) is 1. The third-order valence-electron chi connectivity index (χ3n) is 1.19. The number of imidazole rings is 1. The Kier molecular flexibility index (Phi) is 6.41. The number of carbonyl (C=O) groups excluding carboxylic acids is 1. The van der Waals surface area contributed by atoms with Gasteiger partial charge in [-0.25, -0.2) is 4.98 Å². The van der Waals surface area contributed by atoms with Gasteiger partial charge in [0.1, 0.15) is 6.29 Å². The van der Waals surface area contributed by atoms with Gasteiger partial charge in [-0.2, -0.15) is 12.6 Å². The van der Waals surface area contributed by atoms with Crippen molar-refractivity contribution < 1.29 is 4.79 Å². The highest BCUT2D eigenvalue weighted by Crippen LogP contribution is 1.93. The van der Waals surface area contributed by atoms with Crippen molar-refractivity contribution in [1.82, 2.24) is 9.97 Å². The second-order valence-electron chi connectivity index (χ2n) is 2.08. The zero-order valence-corrected chi connectivity index (χ0v) is 7.79. The van der Waals surface area contributed by atoms with Gasteiger partial charge in [0.2, 0.25) is 0 Å². The standard InChI is InChI=1S/C6H9N3O.CH4S/c7-5(3-10)1-6-2-8-4-9-6;1-2/h2-5H,1,7H2,(H,8,9);2H,1H3. The van der Waals surface area contributed by atoms with Gasteiger partial charge in [0.15, 0.2) is 0 Å². The molecule has 0 bridgehead atoms. The van der Waals surface area contributed by atoms with Crippen molar-refractivity contribution in [3.8, 4) is 0 Å². The van der Waals surface area contributed by atoms with E-state index in [0.717, 1.165) is 12.0 Å². The number of hydrogen-bond donors (Lipinski definition) is 3. The molecule has 68 valence electrons.